The summed E-state index contributed by atoms with van der Waals surface area (Å²) in [6.07, 6.45) is 1.02. The number of anilines is 1. The van der Waals surface area contributed by atoms with E-state index in [0.717, 1.165) is 11.3 Å². The quantitative estimate of drug-likeness (QED) is 0.655. The maximum Gasteiger partial charge on any atom is 0.123 e. The Bertz CT molecular complexity index is 283. The van der Waals surface area contributed by atoms with Crippen molar-refractivity contribution in [3.63, 3.8) is 0 Å². The molecule has 1 aromatic heterocycles. The molecule has 0 radical (unpaired) electrons. The lowest BCUT2D eigenvalue weighted by Crippen LogP contribution is -2.14. The lowest BCUT2D eigenvalue weighted by molar-refractivity contribution is 0.113. The summed E-state index contributed by atoms with van der Waals surface area (Å²) in [7, 11) is 0. The zero-order chi connectivity index (χ0) is 10.4. The number of hydrogen-bond donors (Lipinski definition) is 3. The van der Waals surface area contributed by atoms with Crippen molar-refractivity contribution in [1.82, 2.24) is 4.98 Å². The highest BCUT2D eigenvalue weighted by Gasteiger charge is 2.02. The van der Waals surface area contributed by atoms with E-state index in [4.69, 9.17) is 15.9 Å². The Labute approximate surface area is 87.2 Å². The summed E-state index contributed by atoms with van der Waals surface area (Å²) in [5.74, 6) is 1.80. The topological polar surface area (TPSA) is 79.4 Å². The van der Waals surface area contributed by atoms with E-state index in [-0.39, 0.29) is 6.61 Å². The van der Waals surface area contributed by atoms with Gasteiger partial charge in [0.1, 0.15) is 5.82 Å². The van der Waals surface area contributed by atoms with Gasteiger partial charge in [-0.25, -0.2) is 4.98 Å². The summed E-state index contributed by atoms with van der Waals surface area (Å²) < 4.78 is 0. The summed E-state index contributed by atoms with van der Waals surface area (Å²) in [5, 5.41) is 17.7. The molecule has 1 rings (SSSR count). The molecule has 0 saturated carbocycles. The second-order valence-electron chi connectivity index (χ2n) is 2.94. The molecule has 78 valence electrons. The fraction of sp³-hybridized carbons (Fsp3) is 0.444. The van der Waals surface area contributed by atoms with E-state index in [1.807, 2.05) is 6.07 Å². The van der Waals surface area contributed by atoms with Gasteiger partial charge in [-0.05, 0) is 17.7 Å². The zero-order valence-electron chi connectivity index (χ0n) is 7.76. The first kappa shape index (κ1) is 11.3. The predicted molar refractivity (Wildman–Crippen MR) is 57.9 cm³/mol. The summed E-state index contributed by atoms with van der Waals surface area (Å²) in [6, 6.07) is 3.69. The van der Waals surface area contributed by atoms with E-state index in [2.05, 4.69) is 4.98 Å². The number of aromatic nitrogens is 1. The molecule has 1 unspecified atom stereocenters. The van der Waals surface area contributed by atoms with Crippen molar-refractivity contribution in [1.29, 1.82) is 0 Å². The summed E-state index contributed by atoms with van der Waals surface area (Å²) >= 11 is 1.55. The zero-order valence-corrected chi connectivity index (χ0v) is 8.57. The van der Waals surface area contributed by atoms with Gasteiger partial charge in [-0.15, -0.1) is 0 Å². The molecular formula is C9H14N2O2S. The van der Waals surface area contributed by atoms with Crippen LogP contribution in [0.3, 0.4) is 0 Å². The average Bonchev–Trinajstić information content (AvgIpc) is 2.17. The van der Waals surface area contributed by atoms with Gasteiger partial charge in [-0.3, -0.25) is 0 Å². The third-order valence-corrected chi connectivity index (χ3v) is 2.79. The van der Waals surface area contributed by atoms with Crippen molar-refractivity contribution in [2.45, 2.75) is 11.9 Å². The van der Waals surface area contributed by atoms with Crippen LogP contribution >= 0.6 is 11.8 Å². The lowest BCUT2D eigenvalue weighted by atomic mass is 10.3. The van der Waals surface area contributed by atoms with Crippen molar-refractivity contribution < 1.29 is 10.2 Å². The minimum Gasteiger partial charge on any atom is -0.394 e. The molecule has 0 aliphatic carbocycles. The molecule has 0 aromatic carbocycles. The molecule has 1 heterocycles. The standard InChI is InChI=1S/C9H14N2O2S/c10-9-3-7(1-2-11-9)5-14-6-8(13)4-12/h1-3,8,12-13H,4-6H2,(H2,10,11). The number of thioether (sulfide) groups is 1. The van der Waals surface area contributed by atoms with Crippen LogP contribution in [-0.2, 0) is 5.75 Å². The van der Waals surface area contributed by atoms with E-state index < -0.39 is 6.10 Å². The Hall–Kier alpha value is -0.780. The van der Waals surface area contributed by atoms with Crippen LogP contribution in [-0.4, -0.2) is 33.7 Å². The number of aliphatic hydroxyl groups is 2. The van der Waals surface area contributed by atoms with Gasteiger partial charge >= 0.3 is 0 Å². The fourth-order valence-corrected chi connectivity index (χ4v) is 1.86. The molecule has 0 amide bonds. The van der Waals surface area contributed by atoms with Crippen molar-refractivity contribution in [3.05, 3.63) is 23.9 Å². The monoisotopic (exact) mass is 214 g/mol. The Morgan fingerprint density at radius 2 is 2.36 bits per heavy atom. The van der Waals surface area contributed by atoms with Crippen molar-refractivity contribution >= 4 is 17.6 Å². The van der Waals surface area contributed by atoms with Crippen LogP contribution in [0.1, 0.15) is 5.56 Å². The van der Waals surface area contributed by atoms with Gasteiger partial charge < -0.3 is 15.9 Å². The van der Waals surface area contributed by atoms with E-state index in [1.165, 1.54) is 0 Å². The maximum absolute atomic E-state index is 9.08. The highest BCUT2D eigenvalue weighted by molar-refractivity contribution is 7.98. The number of nitrogen functional groups attached to an aromatic ring is 1. The van der Waals surface area contributed by atoms with E-state index in [0.29, 0.717) is 11.6 Å². The summed E-state index contributed by atoms with van der Waals surface area (Å²) in [5.41, 5.74) is 6.58. The van der Waals surface area contributed by atoms with Gasteiger partial charge in [0.25, 0.3) is 0 Å². The number of nitrogens with two attached hydrogens (primary N) is 1. The van der Waals surface area contributed by atoms with Crippen LogP contribution < -0.4 is 5.73 Å². The predicted octanol–water partition coefficient (Wildman–Crippen LogP) is 0.250. The normalized spacial score (nSPS) is 12.7. The molecule has 5 heteroatoms. The molecule has 0 fully saturated rings. The van der Waals surface area contributed by atoms with E-state index in [9.17, 15) is 0 Å². The molecule has 4 N–H and O–H groups in total. The Morgan fingerprint density at radius 3 is 3.00 bits per heavy atom. The highest BCUT2D eigenvalue weighted by Crippen LogP contribution is 2.13. The Balaban J connectivity index is 2.31. The van der Waals surface area contributed by atoms with Gasteiger partial charge in [0.2, 0.25) is 0 Å². The number of rotatable bonds is 5. The first-order valence-electron chi connectivity index (χ1n) is 4.29. The molecule has 4 nitrogen and oxygen atoms in total. The van der Waals surface area contributed by atoms with Gasteiger partial charge in [-0.1, -0.05) is 0 Å². The summed E-state index contributed by atoms with van der Waals surface area (Å²) in [6.45, 7) is -0.189. The molecule has 1 atom stereocenters. The third-order valence-electron chi connectivity index (χ3n) is 1.64. The molecule has 0 aliphatic heterocycles. The SMILES string of the molecule is Nc1cc(CSCC(O)CO)ccn1. The van der Waals surface area contributed by atoms with Crippen LogP contribution in [0.2, 0.25) is 0 Å². The highest BCUT2D eigenvalue weighted by atomic mass is 32.2. The minimum absolute atomic E-state index is 0.189. The number of pyridine rings is 1. The molecule has 0 saturated heterocycles. The third kappa shape index (κ3) is 3.95. The second kappa shape index (κ2) is 5.85. The van der Waals surface area contributed by atoms with E-state index in [1.54, 1.807) is 24.0 Å². The average molecular weight is 214 g/mol. The van der Waals surface area contributed by atoms with Crippen LogP contribution in [0.4, 0.5) is 5.82 Å². The molecule has 0 bridgehead atoms. The van der Waals surface area contributed by atoms with Gasteiger partial charge in [-0.2, -0.15) is 11.8 Å². The van der Waals surface area contributed by atoms with Gasteiger partial charge in [0.15, 0.2) is 0 Å². The van der Waals surface area contributed by atoms with Crippen molar-refractivity contribution in [2.24, 2.45) is 0 Å². The lowest BCUT2D eigenvalue weighted by Gasteiger charge is -2.06. The molecule has 14 heavy (non-hydrogen) atoms. The first-order valence-corrected chi connectivity index (χ1v) is 5.45. The Kier molecular flexibility index (Phi) is 4.72. The van der Waals surface area contributed by atoms with Crippen LogP contribution in [0, 0.1) is 0 Å². The van der Waals surface area contributed by atoms with Gasteiger partial charge in [0.05, 0.1) is 12.7 Å². The molecule has 1 aromatic rings. The number of hydrogen-bond acceptors (Lipinski definition) is 5. The van der Waals surface area contributed by atoms with Crippen LogP contribution in [0.5, 0.6) is 0 Å². The number of aliphatic hydroxyl groups excluding tert-OH is 2. The molecule has 0 spiro atoms. The van der Waals surface area contributed by atoms with Crippen molar-refractivity contribution in [2.75, 3.05) is 18.1 Å². The summed E-state index contributed by atoms with van der Waals surface area (Å²) in [4.78, 5) is 3.88. The van der Waals surface area contributed by atoms with Crippen LogP contribution in [0.15, 0.2) is 18.3 Å². The molecule has 0 aliphatic rings. The minimum atomic E-state index is -0.640. The maximum atomic E-state index is 9.08. The van der Waals surface area contributed by atoms with Crippen molar-refractivity contribution in [3.8, 4) is 0 Å². The second-order valence-corrected chi connectivity index (χ2v) is 3.97. The fourth-order valence-electron chi connectivity index (χ4n) is 0.950. The van der Waals surface area contributed by atoms with Crippen LogP contribution in [0.25, 0.3) is 0 Å². The largest absolute Gasteiger partial charge is 0.394 e. The smallest absolute Gasteiger partial charge is 0.123 e. The molecular weight excluding hydrogens is 200 g/mol. The Morgan fingerprint density at radius 1 is 1.57 bits per heavy atom. The van der Waals surface area contributed by atoms with Gasteiger partial charge in [0, 0.05) is 17.7 Å². The van der Waals surface area contributed by atoms with E-state index >= 15 is 0 Å². The number of nitrogens with zero attached hydrogens (tertiary/aromatic N) is 1. The first-order chi connectivity index (χ1) is 6.72.